The van der Waals surface area contributed by atoms with E-state index >= 15 is 0 Å². The third-order valence-corrected chi connectivity index (χ3v) is 7.25. The molecule has 1 fully saturated rings. The smallest absolute Gasteiger partial charge is 0.309 e. The van der Waals surface area contributed by atoms with Gasteiger partial charge in [0.05, 0.1) is 10.9 Å². The van der Waals surface area contributed by atoms with Crippen LogP contribution in [0.1, 0.15) is 12.8 Å². The van der Waals surface area contributed by atoms with Gasteiger partial charge in [0.25, 0.3) is 0 Å². The Morgan fingerprint density at radius 1 is 1.03 bits per heavy atom. The summed E-state index contributed by atoms with van der Waals surface area (Å²) in [5.74, 6) is 0.0363. The molecule has 3 rings (SSSR count). The first-order valence-electron chi connectivity index (χ1n) is 9.17. The van der Waals surface area contributed by atoms with Crippen LogP contribution in [0.5, 0.6) is 5.75 Å². The van der Waals surface area contributed by atoms with Crippen LogP contribution in [-0.2, 0) is 19.6 Å². The summed E-state index contributed by atoms with van der Waals surface area (Å²) in [6.07, 6.45) is 0.769. The third kappa shape index (κ3) is 5.63. The van der Waals surface area contributed by atoms with Crippen LogP contribution in [-0.4, -0.2) is 45.0 Å². The zero-order chi connectivity index (χ0) is 20.9. The highest BCUT2D eigenvalue weighted by atomic mass is 35.5. The van der Waals surface area contributed by atoms with E-state index in [0.29, 0.717) is 23.6 Å². The summed E-state index contributed by atoms with van der Waals surface area (Å²) in [6, 6.07) is 13.6. The van der Waals surface area contributed by atoms with Gasteiger partial charge in [-0.2, -0.15) is 4.31 Å². The summed E-state index contributed by atoms with van der Waals surface area (Å²) in [4.78, 5) is 12.2. The Morgan fingerprint density at radius 3 is 2.41 bits per heavy atom. The van der Waals surface area contributed by atoms with Crippen LogP contribution in [0.2, 0.25) is 10.0 Å². The molecule has 6 nitrogen and oxygen atoms in total. The molecule has 0 atom stereocenters. The highest BCUT2D eigenvalue weighted by molar-refractivity contribution is 7.89. The van der Waals surface area contributed by atoms with Gasteiger partial charge >= 0.3 is 5.97 Å². The highest BCUT2D eigenvalue weighted by Crippen LogP contribution is 2.30. The number of hydrogen-bond donors (Lipinski definition) is 0. The number of carbonyl (C=O) groups excluding carboxylic acids is 1. The first-order valence-corrected chi connectivity index (χ1v) is 11.4. The summed E-state index contributed by atoms with van der Waals surface area (Å²) in [5, 5.41) is 0.415. The maximum absolute atomic E-state index is 12.8. The van der Waals surface area contributed by atoms with Crippen molar-refractivity contribution in [2.75, 3.05) is 26.3 Å². The Morgan fingerprint density at radius 2 is 1.72 bits per heavy atom. The van der Waals surface area contributed by atoms with Gasteiger partial charge in [-0.05, 0) is 43.2 Å². The number of benzene rings is 2. The van der Waals surface area contributed by atoms with Crippen LogP contribution in [0.3, 0.4) is 0 Å². The van der Waals surface area contributed by atoms with Gasteiger partial charge in [0.1, 0.15) is 23.9 Å². The predicted octanol–water partition coefficient (Wildman–Crippen LogP) is 4.02. The number of rotatable bonds is 7. The highest BCUT2D eigenvalue weighted by Gasteiger charge is 2.33. The zero-order valence-corrected chi connectivity index (χ0v) is 17.9. The fourth-order valence-corrected chi connectivity index (χ4v) is 5.29. The molecule has 0 aromatic heterocycles. The number of halogens is 2. The van der Waals surface area contributed by atoms with Crippen molar-refractivity contribution in [1.29, 1.82) is 0 Å². The second-order valence-corrected chi connectivity index (χ2v) is 9.33. The molecule has 0 saturated carbocycles. The van der Waals surface area contributed by atoms with Crippen molar-refractivity contribution in [3.8, 4) is 5.75 Å². The van der Waals surface area contributed by atoms with Gasteiger partial charge in [-0.3, -0.25) is 4.79 Å². The number of piperidine rings is 1. The lowest BCUT2D eigenvalue weighted by Gasteiger charge is -2.30. The van der Waals surface area contributed by atoms with Gasteiger partial charge in [0, 0.05) is 18.1 Å². The minimum atomic E-state index is -3.77. The second kappa shape index (κ2) is 9.80. The normalized spacial score (nSPS) is 15.8. The number of ether oxygens (including phenoxy) is 2. The molecule has 2 aromatic carbocycles. The van der Waals surface area contributed by atoms with E-state index in [0.717, 1.165) is 0 Å². The maximum atomic E-state index is 12.8. The molecule has 0 bridgehead atoms. The second-order valence-electron chi connectivity index (χ2n) is 6.58. The van der Waals surface area contributed by atoms with Crippen molar-refractivity contribution in [3.05, 3.63) is 58.6 Å². The van der Waals surface area contributed by atoms with Crippen molar-refractivity contribution in [3.63, 3.8) is 0 Å². The third-order valence-electron chi connectivity index (χ3n) is 4.64. The van der Waals surface area contributed by atoms with Gasteiger partial charge in [-0.25, -0.2) is 8.42 Å². The maximum Gasteiger partial charge on any atom is 0.309 e. The van der Waals surface area contributed by atoms with Gasteiger partial charge in [0.15, 0.2) is 0 Å². The molecule has 0 amide bonds. The fraction of sp³-hybridized carbons (Fsp3) is 0.350. The molecule has 1 heterocycles. The Labute approximate surface area is 180 Å². The zero-order valence-electron chi connectivity index (χ0n) is 15.6. The Kier molecular flexibility index (Phi) is 7.40. The molecule has 0 spiro atoms. The lowest BCUT2D eigenvalue weighted by molar-refractivity contribution is -0.150. The molecule has 1 aliphatic heterocycles. The molecule has 1 saturated heterocycles. The summed E-state index contributed by atoms with van der Waals surface area (Å²) in [7, 11) is -3.77. The topological polar surface area (TPSA) is 72.9 Å². The van der Waals surface area contributed by atoms with Crippen molar-refractivity contribution in [1.82, 2.24) is 4.31 Å². The van der Waals surface area contributed by atoms with E-state index in [1.54, 1.807) is 0 Å². The lowest BCUT2D eigenvalue weighted by Crippen LogP contribution is -2.40. The summed E-state index contributed by atoms with van der Waals surface area (Å²) < 4.78 is 37.8. The van der Waals surface area contributed by atoms with E-state index in [9.17, 15) is 13.2 Å². The molecule has 0 N–H and O–H groups in total. The summed E-state index contributed by atoms with van der Waals surface area (Å²) in [5.41, 5.74) is 0. The molecular formula is C20H21Cl2NO5S. The summed E-state index contributed by atoms with van der Waals surface area (Å²) >= 11 is 12.0. The van der Waals surface area contributed by atoms with Crippen LogP contribution in [0, 0.1) is 5.92 Å². The Balaban J connectivity index is 1.48. The van der Waals surface area contributed by atoms with Crippen LogP contribution >= 0.6 is 23.2 Å². The van der Waals surface area contributed by atoms with Crippen LogP contribution in [0.4, 0.5) is 0 Å². The number of carbonyl (C=O) groups is 1. The van der Waals surface area contributed by atoms with Crippen molar-refractivity contribution in [2.45, 2.75) is 17.7 Å². The number of hydrogen-bond acceptors (Lipinski definition) is 5. The van der Waals surface area contributed by atoms with Crippen LogP contribution in [0.25, 0.3) is 0 Å². The SMILES string of the molecule is O=C(OCCOc1ccccc1)C1CCN(S(=O)(=O)c2cc(Cl)ccc2Cl)CC1. The first-order chi connectivity index (χ1) is 13.9. The molecular weight excluding hydrogens is 437 g/mol. The van der Waals surface area contributed by atoms with Crippen molar-refractivity contribution < 1.29 is 22.7 Å². The van der Waals surface area contributed by atoms with E-state index in [4.69, 9.17) is 32.7 Å². The van der Waals surface area contributed by atoms with E-state index in [1.807, 2.05) is 30.3 Å². The standard InChI is InChI=1S/C20H21Cl2NO5S/c21-16-6-7-18(22)19(14-16)29(25,26)23-10-8-15(9-11-23)20(24)28-13-12-27-17-4-2-1-3-5-17/h1-7,14-15H,8-13H2. The van der Waals surface area contributed by atoms with E-state index < -0.39 is 10.0 Å². The van der Waals surface area contributed by atoms with Crippen LogP contribution < -0.4 is 4.74 Å². The number of nitrogens with zero attached hydrogens (tertiary/aromatic N) is 1. The quantitative estimate of drug-likeness (QED) is 0.463. The largest absolute Gasteiger partial charge is 0.490 e. The van der Waals surface area contributed by atoms with E-state index in [1.165, 1.54) is 22.5 Å². The van der Waals surface area contributed by atoms with Gasteiger partial charge in [-0.15, -0.1) is 0 Å². The molecule has 9 heteroatoms. The molecule has 156 valence electrons. The van der Waals surface area contributed by atoms with Gasteiger partial charge in [-0.1, -0.05) is 41.4 Å². The first kappa shape index (κ1) is 21.9. The molecule has 1 aliphatic rings. The lowest BCUT2D eigenvalue weighted by atomic mass is 9.98. The van der Waals surface area contributed by atoms with E-state index in [-0.39, 0.29) is 48.1 Å². The molecule has 0 aliphatic carbocycles. The number of para-hydroxylation sites is 1. The fourth-order valence-electron chi connectivity index (χ4n) is 3.08. The summed E-state index contributed by atoms with van der Waals surface area (Å²) in [6.45, 7) is 0.831. The molecule has 0 unspecified atom stereocenters. The predicted molar refractivity (Wildman–Crippen MR) is 111 cm³/mol. The molecule has 2 aromatic rings. The minimum Gasteiger partial charge on any atom is -0.490 e. The minimum absolute atomic E-state index is 0.0225. The molecule has 29 heavy (non-hydrogen) atoms. The average molecular weight is 458 g/mol. The van der Waals surface area contributed by atoms with Crippen LogP contribution in [0.15, 0.2) is 53.4 Å². The number of esters is 1. The van der Waals surface area contributed by atoms with E-state index in [2.05, 4.69) is 0 Å². The van der Waals surface area contributed by atoms with Gasteiger partial charge < -0.3 is 9.47 Å². The molecule has 0 radical (unpaired) electrons. The number of sulfonamides is 1. The van der Waals surface area contributed by atoms with Crippen molar-refractivity contribution in [2.24, 2.45) is 5.92 Å². The average Bonchev–Trinajstić information content (AvgIpc) is 2.73. The van der Waals surface area contributed by atoms with Gasteiger partial charge in [0.2, 0.25) is 10.0 Å². The monoisotopic (exact) mass is 457 g/mol. The Hall–Kier alpha value is -1.80. The van der Waals surface area contributed by atoms with Crippen molar-refractivity contribution >= 4 is 39.2 Å². The Bertz CT molecular complexity index is 945.